The highest BCUT2D eigenvalue weighted by atomic mass is 32.2. The lowest BCUT2D eigenvalue weighted by Crippen LogP contribution is -2.45. The van der Waals surface area contributed by atoms with Gasteiger partial charge >= 0.3 is 5.97 Å². The van der Waals surface area contributed by atoms with Gasteiger partial charge < -0.3 is 15.2 Å². The molecule has 0 radical (unpaired) electrons. The molecule has 1 aromatic carbocycles. The van der Waals surface area contributed by atoms with Crippen molar-refractivity contribution in [2.75, 3.05) is 26.7 Å². The number of ether oxygens (including phenoxy) is 1. The molecular formula is C18H26N2O6S. The maximum atomic E-state index is 12.9. The van der Waals surface area contributed by atoms with Crippen molar-refractivity contribution in [2.24, 2.45) is 5.92 Å². The summed E-state index contributed by atoms with van der Waals surface area (Å²) in [6.45, 7) is 4.06. The van der Waals surface area contributed by atoms with Crippen LogP contribution in [0.2, 0.25) is 0 Å². The summed E-state index contributed by atoms with van der Waals surface area (Å²) < 4.78 is 31.9. The average molecular weight is 398 g/mol. The van der Waals surface area contributed by atoms with Gasteiger partial charge in [0.15, 0.2) is 6.10 Å². The number of rotatable bonds is 7. The van der Waals surface area contributed by atoms with Crippen LogP contribution in [0.25, 0.3) is 0 Å². The van der Waals surface area contributed by atoms with Gasteiger partial charge in [0.2, 0.25) is 15.9 Å². The number of methoxy groups -OCH3 is 1. The van der Waals surface area contributed by atoms with Crippen LogP contribution in [0.5, 0.6) is 0 Å². The molecule has 27 heavy (non-hydrogen) atoms. The van der Waals surface area contributed by atoms with E-state index in [4.69, 9.17) is 9.84 Å². The summed E-state index contributed by atoms with van der Waals surface area (Å²) in [5.41, 5.74) is 1.70. The number of nitrogens with one attached hydrogen (secondary N) is 1. The van der Waals surface area contributed by atoms with E-state index in [1.807, 2.05) is 13.0 Å². The molecule has 1 amide bonds. The summed E-state index contributed by atoms with van der Waals surface area (Å²) in [5.74, 6) is -1.77. The molecule has 0 spiro atoms. The van der Waals surface area contributed by atoms with Gasteiger partial charge in [0.25, 0.3) is 0 Å². The lowest BCUT2D eigenvalue weighted by molar-refractivity contribution is -0.148. The van der Waals surface area contributed by atoms with Crippen LogP contribution in [-0.4, -0.2) is 62.6 Å². The van der Waals surface area contributed by atoms with Gasteiger partial charge in [-0.3, -0.25) is 4.79 Å². The summed E-state index contributed by atoms with van der Waals surface area (Å²) in [5, 5.41) is 11.5. The minimum atomic E-state index is -3.60. The van der Waals surface area contributed by atoms with Crippen molar-refractivity contribution in [3.8, 4) is 0 Å². The monoisotopic (exact) mass is 398 g/mol. The summed E-state index contributed by atoms with van der Waals surface area (Å²) in [4.78, 5) is 23.4. The number of benzene rings is 1. The third kappa shape index (κ3) is 5.06. The Morgan fingerprint density at radius 1 is 1.30 bits per heavy atom. The third-order valence-corrected chi connectivity index (χ3v) is 6.85. The Balaban J connectivity index is 1.96. The van der Waals surface area contributed by atoms with Crippen LogP contribution >= 0.6 is 0 Å². The Bertz CT molecular complexity index is 800. The number of carbonyl (C=O) groups excluding carboxylic acids is 1. The number of piperidine rings is 1. The highest BCUT2D eigenvalue weighted by molar-refractivity contribution is 7.89. The first-order chi connectivity index (χ1) is 12.7. The minimum absolute atomic E-state index is 0.119. The number of amides is 1. The molecule has 9 heteroatoms. The molecule has 2 rings (SSSR count). The van der Waals surface area contributed by atoms with Gasteiger partial charge in [-0.05, 0) is 38.3 Å². The molecule has 150 valence electrons. The SMILES string of the molecule is COC(CNC(=O)C1CCN(S(=O)(=O)c2ccc(C)cc2C)CC1)C(=O)O. The number of aliphatic carboxylic acids is 1. The first-order valence-corrected chi connectivity index (χ1v) is 10.2. The van der Waals surface area contributed by atoms with Crippen LogP contribution in [0.15, 0.2) is 23.1 Å². The summed E-state index contributed by atoms with van der Waals surface area (Å²) in [7, 11) is -2.33. The second kappa shape index (κ2) is 8.81. The topological polar surface area (TPSA) is 113 Å². The maximum Gasteiger partial charge on any atom is 0.334 e. The summed E-state index contributed by atoms with van der Waals surface area (Å²) in [6.07, 6.45) is -0.319. The molecule has 1 heterocycles. The zero-order chi connectivity index (χ0) is 20.2. The molecule has 1 unspecified atom stereocenters. The van der Waals surface area contributed by atoms with E-state index < -0.39 is 22.1 Å². The molecule has 1 atom stereocenters. The number of hydrogen-bond acceptors (Lipinski definition) is 5. The molecule has 0 saturated carbocycles. The molecule has 1 aromatic rings. The number of hydrogen-bond donors (Lipinski definition) is 2. The van der Waals surface area contributed by atoms with Crippen molar-refractivity contribution in [1.29, 1.82) is 0 Å². The van der Waals surface area contributed by atoms with Gasteiger partial charge in [-0.1, -0.05) is 17.7 Å². The van der Waals surface area contributed by atoms with Crippen LogP contribution in [0.4, 0.5) is 0 Å². The van der Waals surface area contributed by atoms with Crippen LogP contribution in [0.1, 0.15) is 24.0 Å². The van der Waals surface area contributed by atoms with E-state index in [0.717, 1.165) is 5.56 Å². The smallest absolute Gasteiger partial charge is 0.334 e. The number of nitrogens with zero attached hydrogens (tertiary/aromatic N) is 1. The van der Waals surface area contributed by atoms with Gasteiger partial charge in [0.1, 0.15) is 0 Å². The third-order valence-electron chi connectivity index (χ3n) is 4.79. The van der Waals surface area contributed by atoms with E-state index in [-0.39, 0.29) is 31.5 Å². The van der Waals surface area contributed by atoms with Crippen molar-refractivity contribution < 1.29 is 27.9 Å². The van der Waals surface area contributed by atoms with E-state index in [0.29, 0.717) is 23.3 Å². The predicted octanol–water partition coefficient (Wildman–Crippen LogP) is 0.920. The maximum absolute atomic E-state index is 12.9. The fourth-order valence-corrected chi connectivity index (χ4v) is 4.87. The van der Waals surface area contributed by atoms with Crippen LogP contribution < -0.4 is 5.32 Å². The Labute approximate surface area is 159 Å². The lowest BCUT2D eigenvalue weighted by atomic mass is 9.97. The molecule has 1 aliphatic rings. The molecular weight excluding hydrogens is 372 g/mol. The number of carbonyl (C=O) groups is 2. The standard InChI is InChI=1S/C18H26N2O6S/c1-12-4-5-16(13(2)10-12)27(24,25)20-8-6-14(7-9-20)17(21)19-11-15(26-3)18(22)23/h4-5,10,14-15H,6-9,11H2,1-3H3,(H,19,21)(H,22,23). The zero-order valence-corrected chi connectivity index (χ0v) is 16.6. The minimum Gasteiger partial charge on any atom is -0.479 e. The van der Waals surface area contributed by atoms with E-state index >= 15 is 0 Å². The van der Waals surface area contributed by atoms with Gasteiger partial charge in [-0.25, -0.2) is 13.2 Å². The van der Waals surface area contributed by atoms with Crippen molar-refractivity contribution in [3.05, 3.63) is 29.3 Å². The van der Waals surface area contributed by atoms with Crippen LogP contribution in [-0.2, 0) is 24.3 Å². The highest BCUT2D eigenvalue weighted by Crippen LogP contribution is 2.26. The fourth-order valence-electron chi connectivity index (χ4n) is 3.20. The van der Waals surface area contributed by atoms with E-state index in [1.165, 1.54) is 11.4 Å². The van der Waals surface area contributed by atoms with E-state index in [9.17, 15) is 18.0 Å². The molecule has 1 saturated heterocycles. The first kappa shape index (κ1) is 21.3. The lowest BCUT2D eigenvalue weighted by Gasteiger charge is -2.31. The molecule has 8 nitrogen and oxygen atoms in total. The van der Waals surface area contributed by atoms with Crippen LogP contribution in [0.3, 0.4) is 0 Å². The second-order valence-corrected chi connectivity index (χ2v) is 8.66. The van der Waals surface area contributed by atoms with Gasteiger partial charge in [0.05, 0.1) is 11.4 Å². The van der Waals surface area contributed by atoms with Crippen molar-refractivity contribution in [1.82, 2.24) is 9.62 Å². The van der Waals surface area contributed by atoms with Gasteiger partial charge in [-0.15, -0.1) is 0 Å². The number of carboxylic acids is 1. The number of carboxylic acid groups (broad SMARTS) is 1. The largest absolute Gasteiger partial charge is 0.479 e. The number of aryl methyl sites for hydroxylation is 2. The Hall–Kier alpha value is -1.97. The van der Waals surface area contributed by atoms with E-state index in [2.05, 4.69) is 5.32 Å². The fraction of sp³-hybridized carbons (Fsp3) is 0.556. The Morgan fingerprint density at radius 3 is 2.44 bits per heavy atom. The van der Waals surface area contributed by atoms with Crippen molar-refractivity contribution in [2.45, 2.75) is 37.7 Å². The Kier molecular flexibility index (Phi) is 6.96. The Morgan fingerprint density at radius 2 is 1.93 bits per heavy atom. The number of sulfonamides is 1. The summed E-state index contributed by atoms with van der Waals surface area (Å²) in [6, 6.07) is 5.23. The van der Waals surface area contributed by atoms with Gasteiger partial charge in [-0.2, -0.15) is 4.31 Å². The average Bonchev–Trinajstić information content (AvgIpc) is 2.61. The van der Waals surface area contributed by atoms with Gasteiger partial charge in [0, 0.05) is 26.1 Å². The first-order valence-electron chi connectivity index (χ1n) is 8.77. The molecule has 1 aliphatic heterocycles. The van der Waals surface area contributed by atoms with Crippen molar-refractivity contribution in [3.63, 3.8) is 0 Å². The highest BCUT2D eigenvalue weighted by Gasteiger charge is 2.33. The second-order valence-electron chi connectivity index (χ2n) is 6.76. The van der Waals surface area contributed by atoms with E-state index in [1.54, 1.807) is 19.1 Å². The molecule has 0 aliphatic carbocycles. The zero-order valence-electron chi connectivity index (χ0n) is 15.8. The quantitative estimate of drug-likeness (QED) is 0.706. The van der Waals surface area contributed by atoms with Crippen LogP contribution in [0, 0.1) is 19.8 Å². The normalized spacial score (nSPS) is 17.4. The molecule has 2 N–H and O–H groups in total. The molecule has 0 aromatic heterocycles. The molecule has 1 fully saturated rings. The molecule has 0 bridgehead atoms. The summed E-state index contributed by atoms with van der Waals surface area (Å²) >= 11 is 0. The predicted molar refractivity (Wildman–Crippen MR) is 98.8 cm³/mol. The van der Waals surface area contributed by atoms with Crippen molar-refractivity contribution >= 4 is 21.9 Å².